The molecule has 8 nitrogen and oxygen atoms in total. The second kappa shape index (κ2) is 10.1. The van der Waals surface area contributed by atoms with E-state index in [4.69, 9.17) is 4.74 Å². The molecule has 0 saturated carbocycles. The number of aliphatic imine (C=N–C) groups is 1. The Morgan fingerprint density at radius 2 is 1.70 bits per heavy atom. The standard InChI is InChI=1S/C25H31N5O3/c1-17-4-10-22(11-5-17)30-23(31)13-26-24(28-30)25(32)27-12-20-6-8-21(9-7-20)16-29-14-18(2)33-19(3)15-29/h4-11,18-19H,12-16H2,1-3H3,(H,26,28)(H,27,32)/t18-,19-/m1/s1. The first-order chi connectivity index (χ1) is 15.9. The Kier molecular flexibility index (Phi) is 7.05. The van der Waals surface area contributed by atoms with Crippen molar-refractivity contribution in [1.29, 1.82) is 0 Å². The van der Waals surface area contributed by atoms with Gasteiger partial charge < -0.3 is 10.1 Å². The van der Waals surface area contributed by atoms with E-state index in [1.54, 1.807) is 0 Å². The Labute approximate surface area is 194 Å². The van der Waals surface area contributed by atoms with Crippen LogP contribution in [-0.2, 0) is 27.4 Å². The van der Waals surface area contributed by atoms with Crippen molar-refractivity contribution < 1.29 is 14.3 Å². The molecule has 0 radical (unpaired) electrons. The Balaban J connectivity index is 1.30. The molecule has 2 aromatic rings. The molecule has 8 heteroatoms. The van der Waals surface area contributed by atoms with E-state index in [0.717, 1.165) is 30.8 Å². The largest absolute Gasteiger partial charge is 0.373 e. The fourth-order valence-electron chi connectivity index (χ4n) is 4.15. The quantitative estimate of drug-likeness (QED) is 0.706. The first-order valence-electron chi connectivity index (χ1n) is 11.3. The van der Waals surface area contributed by atoms with E-state index in [-0.39, 0.29) is 36.4 Å². The molecular weight excluding hydrogens is 418 g/mol. The number of benzene rings is 2. The molecule has 2 heterocycles. The second-order valence-corrected chi connectivity index (χ2v) is 8.79. The van der Waals surface area contributed by atoms with E-state index < -0.39 is 0 Å². The van der Waals surface area contributed by atoms with Gasteiger partial charge in [-0.05, 0) is 44.0 Å². The van der Waals surface area contributed by atoms with E-state index in [9.17, 15) is 9.59 Å². The Morgan fingerprint density at radius 1 is 1.06 bits per heavy atom. The number of carbonyl (C=O) groups excluding carboxylic acids is 2. The fraction of sp³-hybridized carbons (Fsp3) is 0.400. The van der Waals surface area contributed by atoms with Crippen LogP contribution >= 0.6 is 0 Å². The molecule has 1 fully saturated rings. The van der Waals surface area contributed by atoms with Crippen LogP contribution in [0.2, 0.25) is 0 Å². The van der Waals surface area contributed by atoms with Gasteiger partial charge in [0.2, 0.25) is 5.84 Å². The number of amides is 2. The van der Waals surface area contributed by atoms with Crippen molar-refractivity contribution in [2.24, 2.45) is 4.99 Å². The minimum atomic E-state index is -0.347. The highest BCUT2D eigenvalue weighted by Gasteiger charge is 2.25. The van der Waals surface area contributed by atoms with Gasteiger partial charge >= 0.3 is 0 Å². The minimum absolute atomic E-state index is 0.0723. The second-order valence-electron chi connectivity index (χ2n) is 8.79. The molecule has 2 N–H and O–H groups in total. The van der Waals surface area contributed by atoms with Gasteiger partial charge in [-0.15, -0.1) is 0 Å². The van der Waals surface area contributed by atoms with Gasteiger partial charge in [-0.25, -0.2) is 5.01 Å². The molecule has 2 atom stereocenters. The molecule has 0 aliphatic carbocycles. The van der Waals surface area contributed by atoms with Gasteiger partial charge in [0.25, 0.3) is 11.8 Å². The zero-order chi connectivity index (χ0) is 23.4. The van der Waals surface area contributed by atoms with Gasteiger partial charge in [0.1, 0.15) is 6.54 Å². The predicted octanol–water partition coefficient (Wildman–Crippen LogP) is 2.17. The Hall–Kier alpha value is -3.23. The third kappa shape index (κ3) is 5.97. The molecular formula is C25H31N5O3. The molecule has 1 saturated heterocycles. The molecule has 2 aromatic carbocycles. The summed E-state index contributed by atoms with van der Waals surface area (Å²) in [5, 5.41) is 4.24. The summed E-state index contributed by atoms with van der Waals surface area (Å²) in [4.78, 5) is 31.4. The van der Waals surface area contributed by atoms with Crippen LogP contribution < -0.4 is 15.8 Å². The summed E-state index contributed by atoms with van der Waals surface area (Å²) in [5.41, 5.74) is 6.84. The lowest BCUT2D eigenvalue weighted by molar-refractivity contribution is -0.118. The SMILES string of the molecule is Cc1ccc(N2NC(C(=O)NCc3ccc(CN4C[C@@H](C)O[C@H](C)C4)cc3)=NCC2=O)cc1. The molecule has 2 amide bonds. The summed E-state index contributed by atoms with van der Waals surface area (Å²) in [6.45, 7) is 9.24. The summed E-state index contributed by atoms with van der Waals surface area (Å²) < 4.78 is 5.80. The van der Waals surface area contributed by atoms with Crippen molar-refractivity contribution in [3.63, 3.8) is 0 Å². The minimum Gasteiger partial charge on any atom is -0.373 e. The number of carbonyl (C=O) groups is 2. The van der Waals surface area contributed by atoms with Gasteiger partial charge in [-0.2, -0.15) is 0 Å². The number of ether oxygens (including phenoxy) is 1. The molecule has 0 spiro atoms. The number of nitrogens with one attached hydrogen (secondary N) is 2. The lowest BCUT2D eigenvalue weighted by atomic mass is 10.1. The van der Waals surface area contributed by atoms with Crippen LogP contribution in [0.1, 0.15) is 30.5 Å². The number of rotatable bonds is 6. The molecule has 4 rings (SSSR count). The topological polar surface area (TPSA) is 86.3 Å². The summed E-state index contributed by atoms with van der Waals surface area (Å²) in [5.74, 6) is -0.433. The summed E-state index contributed by atoms with van der Waals surface area (Å²) in [6, 6.07) is 15.8. The number of morpholine rings is 1. The highest BCUT2D eigenvalue weighted by Crippen LogP contribution is 2.16. The van der Waals surface area contributed by atoms with Crippen molar-refractivity contribution in [3.8, 4) is 0 Å². The average molecular weight is 450 g/mol. The molecule has 2 aliphatic heterocycles. The number of hydrogen-bond acceptors (Lipinski definition) is 6. The van der Waals surface area contributed by atoms with Gasteiger partial charge in [0.05, 0.1) is 17.9 Å². The van der Waals surface area contributed by atoms with Crippen LogP contribution in [0.5, 0.6) is 0 Å². The van der Waals surface area contributed by atoms with Crippen molar-refractivity contribution in [2.45, 2.75) is 46.1 Å². The highest BCUT2D eigenvalue weighted by molar-refractivity contribution is 6.39. The van der Waals surface area contributed by atoms with E-state index >= 15 is 0 Å². The van der Waals surface area contributed by atoms with Crippen LogP contribution in [0.25, 0.3) is 0 Å². The smallest absolute Gasteiger partial charge is 0.288 e. The Bertz CT molecular complexity index is 1010. The maximum Gasteiger partial charge on any atom is 0.288 e. The van der Waals surface area contributed by atoms with Gasteiger partial charge in [0.15, 0.2) is 0 Å². The number of nitrogens with zero attached hydrogens (tertiary/aromatic N) is 3. The number of hydrazine groups is 1. The molecule has 2 aliphatic rings. The normalized spacial score (nSPS) is 21.4. The van der Waals surface area contributed by atoms with Crippen LogP contribution in [0.15, 0.2) is 53.5 Å². The average Bonchev–Trinajstić information content (AvgIpc) is 2.79. The lowest BCUT2D eigenvalue weighted by Gasteiger charge is -2.35. The molecule has 0 unspecified atom stereocenters. The zero-order valence-corrected chi connectivity index (χ0v) is 19.4. The summed E-state index contributed by atoms with van der Waals surface area (Å²) in [6.07, 6.45) is 0.494. The van der Waals surface area contributed by atoms with E-state index in [0.29, 0.717) is 12.2 Å². The van der Waals surface area contributed by atoms with Crippen LogP contribution in [0.3, 0.4) is 0 Å². The van der Waals surface area contributed by atoms with Crippen molar-refractivity contribution in [3.05, 3.63) is 65.2 Å². The zero-order valence-electron chi connectivity index (χ0n) is 19.4. The lowest BCUT2D eigenvalue weighted by Crippen LogP contribution is -2.55. The van der Waals surface area contributed by atoms with E-state index in [2.05, 4.69) is 46.6 Å². The van der Waals surface area contributed by atoms with Crippen LogP contribution in [0.4, 0.5) is 5.69 Å². The molecule has 174 valence electrons. The maximum atomic E-state index is 12.6. The predicted molar refractivity (Wildman–Crippen MR) is 128 cm³/mol. The maximum absolute atomic E-state index is 12.6. The van der Waals surface area contributed by atoms with E-state index in [1.807, 2.05) is 43.3 Å². The number of amidine groups is 1. The Morgan fingerprint density at radius 3 is 2.36 bits per heavy atom. The summed E-state index contributed by atoms with van der Waals surface area (Å²) >= 11 is 0. The summed E-state index contributed by atoms with van der Waals surface area (Å²) in [7, 11) is 0. The number of anilines is 1. The van der Waals surface area contributed by atoms with Crippen molar-refractivity contribution in [2.75, 3.05) is 24.6 Å². The monoisotopic (exact) mass is 449 g/mol. The molecule has 0 bridgehead atoms. The van der Waals surface area contributed by atoms with Gasteiger partial charge in [0, 0.05) is 26.2 Å². The number of aryl methyl sites for hydroxylation is 1. The first kappa shape index (κ1) is 22.9. The third-order valence-electron chi connectivity index (χ3n) is 5.72. The third-order valence-corrected chi connectivity index (χ3v) is 5.72. The number of hydrogen-bond donors (Lipinski definition) is 2. The molecule has 33 heavy (non-hydrogen) atoms. The van der Waals surface area contributed by atoms with E-state index in [1.165, 1.54) is 10.6 Å². The first-order valence-corrected chi connectivity index (χ1v) is 11.3. The van der Waals surface area contributed by atoms with Gasteiger partial charge in [-0.3, -0.25) is 24.9 Å². The van der Waals surface area contributed by atoms with Crippen LogP contribution in [-0.4, -0.2) is 54.4 Å². The fourth-order valence-corrected chi connectivity index (χ4v) is 4.15. The highest BCUT2D eigenvalue weighted by atomic mass is 16.5. The van der Waals surface area contributed by atoms with Crippen LogP contribution in [0, 0.1) is 6.92 Å². The van der Waals surface area contributed by atoms with Crippen molar-refractivity contribution >= 4 is 23.3 Å². The van der Waals surface area contributed by atoms with Gasteiger partial charge in [-0.1, -0.05) is 42.0 Å². The molecule has 0 aromatic heterocycles. The van der Waals surface area contributed by atoms with Crippen molar-refractivity contribution in [1.82, 2.24) is 15.6 Å².